The van der Waals surface area contributed by atoms with E-state index in [4.69, 9.17) is 37.0 Å². The minimum absolute atomic E-state index is 0.0670. The average molecular weight is 1500 g/mol. The van der Waals surface area contributed by atoms with Crippen LogP contribution in [0.25, 0.3) is 0 Å². The van der Waals surface area contributed by atoms with Gasteiger partial charge in [-0.3, -0.25) is 37.3 Å². The van der Waals surface area contributed by atoms with Gasteiger partial charge in [0, 0.05) is 25.7 Å². The smallest absolute Gasteiger partial charge is 0.462 e. The molecule has 0 aliphatic carbocycles. The molecule has 0 saturated heterocycles. The zero-order valence-electron chi connectivity index (χ0n) is 64.9. The van der Waals surface area contributed by atoms with Gasteiger partial charge >= 0.3 is 39.5 Å². The van der Waals surface area contributed by atoms with Crippen molar-refractivity contribution in [2.24, 2.45) is 0 Å². The first kappa shape index (κ1) is 98.9. The molecular formula is C85H142O17P2. The lowest BCUT2D eigenvalue weighted by Crippen LogP contribution is -2.30. The highest BCUT2D eigenvalue weighted by molar-refractivity contribution is 7.47. The number of aliphatic hydroxyl groups is 1. The number of hydrogen-bond donors (Lipinski definition) is 3. The van der Waals surface area contributed by atoms with Crippen LogP contribution in [0.5, 0.6) is 0 Å². The van der Waals surface area contributed by atoms with Gasteiger partial charge in [-0.15, -0.1) is 0 Å². The average Bonchev–Trinajstić information content (AvgIpc) is 0.918. The quantitative estimate of drug-likeness (QED) is 0.0169. The zero-order chi connectivity index (χ0) is 76.0. The third kappa shape index (κ3) is 75.2. The Morgan fingerprint density at radius 1 is 0.279 bits per heavy atom. The molecule has 0 aliphatic heterocycles. The number of rotatable bonds is 74. The lowest BCUT2D eigenvalue weighted by molar-refractivity contribution is -0.161. The maximum Gasteiger partial charge on any atom is 0.472 e. The Kier molecular flexibility index (Phi) is 72.4. The third-order valence-corrected chi connectivity index (χ3v) is 18.2. The van der Waals surface area contributed by atoms with Crippen LogP contribution in [0.15, 0.2) is 146 Å². The number of ether oxygens (including phenoxy) is 4. The molecule has 104 heavy (non-hydrogen) atoms. The van der Waals surface area contributed by atoms with Crippen LogP contribution in [0, 0.1) is 0 Å². The summed E-state index contributed by atoms with van der Waals surface area (Å²) in [7, 11) is -9.99. The predicted octanol–water partition coefficient (Wildman–Crippen LogP) is 23.4. The Labute approximate surface area is 630 Å². The van der Waals surface area contributed by atoms with E-state index in [2.05, 4.69) is 174 Å². The van der Waals surface area contributed by atoms with Gasteiger partial charge in [0.1, 0.15) is 19.3 Å². The number of phosphoric acid groups is 2. The van der Waals surface area contributed by atoms with Gasteiger partial charge in [0.25, 0.3) is 0 Å². The summed E-state index contributed by atoms with van der Waals surface area (Å²) < 4.78 is 68.6. The van der Waals surface area contributed by atoms with Crippen molar-refractivity contribution in [1.29, 1.82) is 0 Å². The molecule has 0 aromatic rings. The second kappa shape index (κ2) is 76.1. The molecule has 0 aromatic carbocycles. The molecule has 0 radical (unpaired) electrons. The summed E-state index contributed by atoms with van der Waals surface area (Å²) in [6, 6.07) is 0. The van der Waals surface area contributed by atoms with Crippen LogP contribution in [0.4, 0.5) is 0 Å². The molecule has 0 saturated carbocycles. The number of esters is 4. The number of allylic oxidation sites excluding steroid dienone is 24. The maximum atomic E-state index is 13.1. The Morgan fingerprint density at radius 2 is 0.500 bits per heavy atom. The Balaban J connectivity index is 5.43. The van der Waals surface area contributed by atoms with E-state index in [1.807, 2.05) is 0 Å². The summed E-state index contributed by atoms with van der Waals surface area (Å²) in [6.45, 7) is 4.45. The molecule has 0 heterocycles. The lowest BCUT2D eigenvalue weighted by Gasteiger charge is -2.21. The number of carbonyl (C=O) groups excluding carboxylic acids is 4. The van der Waals surface area contributed by atoms with Crippen molar-refractivity contribution < 1.29 is 80.2 Å². The number of phosphoric ester groups is 2. The second-order valence-corrected chi connectivity index (χ2v) is 29.1. The molecule has 0 amide bonds. The molecule has 5 atom stereocenters. The molecule has 0 bridgehead atoms. The molecule has 0 spiro atoms. The van der Waals surface area contributed by atoms with Crippen molar-refractivity contribution in [2.75, 3.05) is 39.6 Å². The summed E-state index contributed by atoms with van der Waals surface area (Å²) in [5.74, 6) is -2.26. The Morgan fingerprint density at radius 3 is 0.788 bits per heavy atom. The van der Waals surface area contributed by atoms with Crippen LogP contribution in [0.1, 0.15) is 310 Å². The number of unbranched alkanes of at least 4 members (excludes halogenated alkanes) is 24. The van der Waals surface area contributed by atoms with E-state index in [9.17, 15) is 43.2 Å². The van der Waals surface area contributed by atoms with Gasteiger partial charge in [0.2, 0.25) is 0 Å². The van der Waals surface area contributed by atoms with E-state index in [0.717, 1.165) is 193 Å². The van der Waals surface area contributed by atoms with Gasteiger partial charge < -0.3 is 33.8 Å². The first-order valence-corrected chi connectivity index (χ1v) is 43.1. The first-order chi connectivity index (χ1) is 50.7. The molecule has 3 N–H and O–H groups in total. The lowest BCUT2D eigenvalue weighted by atomic mass is 10.1. The summed E-state index contributed by atoms with van der Waals surface area (Å²) in [5.41, 5.74) is 0. The van der Waals surface area contributed by atoms with Crippen molar-refractivity contribution in [3.05, 3.63) is 146 Å². The zero-order valence-corrected chi connectivity index (χ0v) is 66.7. The highest BCUT2D eigenvalue weighted by Crippen LogP contribution is 2.45. The van der Waals surface area contributed by atoms with E-state index in [-0.39, 0.29) is 25.7 Å². The summed E-state index contributed by atoms with van der Waals surface area (Å²) in [4.78, 5) is 73.0. The maximum absolute atomic E-state index is 13.1. The van der Waals surface area contributed by atoms with Crippen molar-refractivity contribution in [1.82, 2.24) is 0 Å². The van der Waals surface area contributed by atoms with Crippen molar-refractivity contribution in [2.45, 2.75) is 329 Å². The minimum atomic E-state index is -4.99. The van der Waals surface area contributed by atoms with Gasteiger partial charge in [-0.2, -0.15) is 0 Å². The second-order valence-electron chi connectivity index (χ2n) is 26.2. The van der Waals surface area contributed by atoms with Crippen LogP contribution in [-0.2, 0) is 65.4 Å². The number of hydrogen-bond acceptors (Lipinski definition) is 15. The van der Waals surface area contributed by atoms with E-state index >= 15 is 0 Å². The topological polar surface area (TPSA) is 237 Å². The molecule has 594 valence electrons. The molecule has 0 fully saturated rings. The van der Waals surface area contributed by atoms with Crippen molar-refractivity contribution >= 4 is 39.5 Å². The summed E-state index contributed by atoms with van der Waals surface area (Å²) in [6.07, 6.45) is 86.8. The molecule has 0 aromatic heterocycles. The van der Waals surface area contributed by atoms with Crippen LogP contribution < -0.4 is 0 Å². The van der Waals surface area contributed by atoms with Gasteiger partial charge in [-0.25, -0.2) is 9.13 Å². The van der Waals surface area contributed by atoms with Crippen LogP contribution in [0.3, 0.4) is 0 Å². The highest BCUT2D eigenvalue weighted by Gasteiger charge is 2.30. The highest BCUT2D eigenvalue weighted by atomic mass is 31.2. The first-order valence-electron chi connectivity index (χ1n) is 40.1. The SMILES string of the molecule is CC/C=C\C/C=C\C/C=C\C/C=C\C/C=C\CCCCCC(=O)OCC(COP(=O)(O)OCC(O)COP(=O)(O)OCC(COC(=O)CCCCCCC/C=C\C/C=C\C/C=C\CC)OC(=O)CCCCCCC/C=C\C/C=C\C/C=C\CC)OC(=O)CCCCCCC/C=C\CCCCCCCC. The van der Waals surface area contributed by atoms with Gasteiger partial charge in [0.15, 0.2) is 12.2 Å². The fourth-order valence-electron chi connectivity index (χ4n) is 10.3. The standard InChI is InChI=1S/C85H142O17P2/c1-5-9-13-17-21-25-29-33-37-38-39-40-44-46-50-54-58-62-66-70-83(88)96-76-81(102-85(90)72-68-64-60-56-52-48-43-36-32-28-24-20-16-12-8-4)78-100-104(93,94)98-74-79(86)73-97-103(91,92)99-77-80(101-84(89)71-67-63-59-55-51-47-42-35-31-27-23-19-15-11-7-3)75-95-82(87)69-65-61-57-53-49-45-41-34-30-26-22-18-14-10-6-2/h9-11,13-15,21-23,25-27,33-37,39-43,46,50,79-81,86H,5-8,12,16-20,24,28-32,38,44-45,47-49,51-78H2,1-4H3,(H,91,92)(H,93,94)/b13-9-,14-10-,15-11-,25-21-,26-22-,27-23-,37-33-,40-39-,41-34-,42-35-,43-36-,50-46-. The minimum Gasteiger partial charge on any atom is -0.462 e. The van der Waals surface area contributed by atoms with E-state index in [1.165, 1.54) is 38.5 Å². The monoisotopic (exact) mass is 1500 g/mol. The van der Waals surface area contributed by atoms with Crippen molar-refractivity contribution in [3.8, 4) is 0 Å². The van der Waals surface area contributed by atoms with Gasteiger partial charge in [0.05, 0.1) is 26.4 Å². The molecule has 0 aliphatic rings. The van der Waals surface area contributed by atoms with Crippen LogP contribution >= 0.6 is 15.6 Å². The van der Waals surface area contributed by atoms with Crippen molar-refractivity contribution in [3.63, 3.8) is 0 Å². The third-order valence-electron chi connectivity index (χ3n) is 16.3. The van der Waals surface area contributed by atoms with E-state index in [1.54, 1.807) is 0 Å². The molecular weight excluding hydrogens is 1350 g/mol. The van der Waals surface area contributed by atoms with Gasteiger partial charge in [-0.05, 0) is 161 Å². The Bertz CT molecular complexity index is 2540. The summed E-state index contributed by atoms with van der Waals surface area (Å²) in [5, 5.41) is 10.6. The fraction of sp³-hybridized carbons (Fsp3) is 0.671. The number of aliphatic hydroxyl groups excluding tert-OH is 1. The number of carbonyl (C=O) groups is 4. The normalized spacial score (nSPS) is 14.6. The van der Waals surface area contributed by atoms with E-state index in [0.29, 0.717) is 25.7 Å². The Hall–Kier alpha value is -5.06. The molecule has 19 heteroatoms. The molecule has 5 unspecified atom stereocenters. The molecule has 0 rings (SSSR count). The largest absolute Gasteiger partial charge is 0.472 e. The fourth-order valence-corrected chi connectivity index (χ4v) is 11.8. The van der Waals surface area contributed by atoms with Crippen LogP contribution in [-0.4, -0.2) is 96.7 Å². The summed E-state index contributed by atoms with van der Waals surface area (Å²) >= 11 is 0. The van der Waals surface area contributed by atoms with E-state index < -0.39 is 97.5 Å². The molecule has 17 nitrogen and oxygen atoms in total. The predicted molar refractivity (Wildman–Crippen MR) is 427 cm³/mol. The van der Waals surface area contributed by atoms with Gasteiger partial charge in [-0.1, -0.05) is 270 Å². The van der Waals surface area contributed by atoms with Crippen LogP contribution in [0.2, 0.25) is 0 Å².